The van der Waals surface area contributed by atoms with Crippen LogP contribution < -0.4 is 36.8 Å². The van der Waals surface area contributed by atoms with Crippen LogP contribution in [0.5, 0.6) is 5.75 Å². The second-order valence-electron chi connectivity index (χ2n) is 27.4. The number of aliphatic hydroxyl groups excluding tert-OH is 1. The van der Waals surface area contributed by atoms with Crippen molar-refractivity contribution in [1.29, 1.82) is 0 Å². The van der Waals surface area contributed by atoms with Crippen molar-refractivity contribution < 1.29 is 120 Å². The van der Waals surface area contributed by atoms with Crippen molar-refractivity contribution in [2.75, 3.05) is 67.0 Å². The Bertz CT molecular complexity index is 3320. The van der Waals surface area contributed by atoms with E-state index >= 15 is 4.79 Å². The maximum atomic E-state index is 15.0. The Balaban J connectivity index is 1.60. The minimum absolute atomic E-state index is 0.0189. The molecule has 0 aliphatic carbocycles. The Kier molecular flexibility index (Phi) is 34.8. The van der Waals surface area contributed by atoms with Crippen LogP contribution in [0.1, 0.15) is 140 Å². The van der Waals surface area contributed by atoms with Gasteiger partial charge in [0.2, 0.25) is 53.7 Å². The molecule has 0 saturated carbocycles. The highest BCUT2D eigenvalue weighted by Crippen LogP contribution is 2.35. The van der Waals surface area contributed by atoms with Crippen molar-refractivity contribution >= 4 is 83.1 Å². The summed E-state index contributed by atoms with van der Waals surface area (Å²) in [6.07, 6.45) is -12.3. The quantitative estimate of drug-likeness (QED) is 0.0292. The largest absolute Gasteiger partial charge is 0.467 e. The van der Waals surface area contributed by atoms with Crippen LogP contribution in [0.2, 0.25) is 0 Å². The number of carbonyl (C=O) groups is 13. The van der Waals surface area contributed by atoms with Crippen LogP contribution >= 0.6 is 0 Å². The Hall–Kier alpha value is -9.25. The third kappa shape index (κ3) is 26.4. The fourth-order valence-corrected chi connectivity index (χ4v) is 12.3. The van der Waals surface area contributed by atoms with Gasteiger partial charge < -0.3 is 88.9 Å². The fraction of sp³-hybridized carbons (Fsp3) is 0.648. The van der Waals surface area contributed by atoms with Gasteiger partial charge >= 0.3 is 36.1 Å². The molecule has 34 nitrogen and oxygen atoms in total. The lowest BCUT2D eigenvalue weighted by atomic mass is 9.89. The van der Waals surface area contributed by atoms with Crippen LogP contribution in [-0.2, 0) is 107 Å². The van der Waals surface area contributed by atoms with Gasteiger partial charge in [0.15, 0.2) is 24.9 Å². The fourth-order valence-electron chi connectivity index (χ4n) is 12.3. The van der Waals surface area contributed by atoms with Gasteiger partial charge in [-0.05, 0) is 82.1 Å². The molecule has 2 saturated heterocycles. The number of ether oxygens (including phenoxy) is 10. The maximum Gasteiger partial charge on any atom is 0.431 e. The van der Waals surface area contributed by atoms with Gasteiger partial charge in [0.25, 0.3) is 0 Å². The van der Waals surface area contributed by atoms with Crippen molar-refractivity contribution in [1.82, 2.24) is 41.4 Å². The Morgan fingerprint density at radius 3 is 1.90 bits per heavy atom. The molecule has 586 valence electrons. The normalized spacial score (nSPS) is 19.7. The van der Waals surface area contributed by atoms with Crippen LogP contribution in [0, 0.1) is 23.7 Å². The number of nitrogens with one attached hydrogen (secondary N) is 6. The molecule has 7 N–H and O–H groups in total. The highest BCUT2D eigenvalue weighted by Gasteiger charge is 2.56. The molecule has 0 aromatic heterocycles. The zero-order chi connectivity index (χ0) is 78.9. The van der Waals surface area contributed by atoms with Gasteiger partial charge in [0.05, 0.1) is 69.0 Å². The van der Waals surface area contributed by atoms with Gasteiger partial charge in [-0.3, -0.25) is 57.7 Å². The zero-order valence-electron chi connectivity index (χ0n) is 63.4. The number of anilines is 1. The summed E-state index contributed by atoms with van der Waals surface area (Å²) in [4.78, 5) is 183. The van der Waals surface area contributed by atoms with Crippen molar-refractivity contribution in [3.05, 3.63) is 59.7 Å². The average Bonchev–Trinajstić information content (AvgIpc) is 1.17. The van der Waals surface area contributed by atoms with E-state index in [-0.39, 0.29) is 41.2 Å². The summed E-state index contributed by atoms with van der Waals surface area (Å²) in [5, 5.41) is 23.9. The standard InChI is InChI=1S/C71H107N9O25/c1-20-39(6)57(50(95-17)32-54(87)80-30-24-27-48(80)59(96-18)40(7)64(89)74-41(8)58(88)45-25-22-21-23-26-45)78(15)66(91)55(37(2)3)76-65(90)56(38(4)5)79(16)70(94)98-35-46-31-47(75-52(85)34-72-51(84)33-73-53(86)36-99-77-69(93)105-71(12,13)14)28-29-49(46)103-68-63(102-44(11)83)61(101-43(10)82)60(100-42(9)81)62(104-68)67(92)97-19/h21-23,25-26,28-29,31,37-41,48,50,55-63,68,88H,20,24,27,30,32-36H2,1-19H3,(H,72,84)(H,73,86)(H,74,89)(H,75,85)(H,76,90)(H,77,93)/t39-,40+,41+,48-,50+,55-,56-,57-,58+,59+,60-,61?,62?,63?,68+/m0/s1. The highest BCUT2D eigenvalue weighted by atomic mass is 16.7. The van der Waals surface area contributed by atoms with Crippen LogP contribution in [0.25, 0.3) is 0 Å². The van der Waals surface area contributed by atoms with Crippen LogP contribution in [-0.4, -0.2) is 238 Å². The van der Waals surface area contributed by atoms with E-state index in [2.05, 4.69) is 26.6 Å². The predicted molar refractivity (Wildman–Crippen MR) is 373 cm³/mol. The summed E-state index contributed by atoms with van der Waals surface area (Å²) in [5.41, 5.74) is 1.60. The van der Waals surface area contributed by atoms with Crippen molar-refractivity contribution in [2.45, 2.75) is 214 Å². The molecule has 2 aliphatic heterocycles. The van der Waals surface area contributed by atoms with E-state index in [0.717, 1.165) is 32.8 Å². The first-order valence-corrected chi connectivity index (χ1v) is 34.6. The molecular formula is C71H107N9O25. The monoisotopic (exact) mass is 1490 g/mol. The number of hydrogen-bond acceptors (Lipinski definition) is 25. The molecule has 2 fully saturated rings. The molecule has 2 heterocycles. The number of carbonyl (C=O) groups excluding carboxylic acids is 13. The molecule has 3 unspecified atom stereocenters. The first-order chi connectivity index (χ1) is 49.3. The number of rotatable bonds is 36. The van der Waals surface area contributed by atoms with E-state index in [1.54, 1.807) is 98.5 Å². The van der Waals surface area contributed by atoms with Crippen molar-refractivity contribution in [3.8, 4) is 5.75 Å². The summed E-state index contributed by atoms with van der Waals surface area (Å²) >= 11 is 0. The second kappa shape index (κ2) is 41.4. The molecule has 15 atom stereocenters. The lowest BCUT2D eigenvalue weighted by Crippen LogP contribution is -2.64. The van der Waals surface area contributed by atoms with Crippen molar-refractivity contribution in [2.24, 2.45) is 23.7 Å². The number of amides is 9. The molecule has 0 radical (unpaired) electrons. The van der Waals surface area contributed by atoms with E-state index in [9.17, 15) is 62.6 Å². The molecule has 2 aromatic carbocycles. The number of aliphatic hydroxyl groups is 1. The first kappa shape index (κ1) is 88.2. The van der Waals surface area contributed by atoms with E-state index in [4.69, 9.17) is 52.2 Å². The number of methoxy groups -OCH3 is 3. The van der Waals surface area contributed by atoms with Gasteiger partial charge in [-0.25, -0.2) is 14.4 Å². The first-order valence-electron chi connectivity index (χ1n) is 34.6. The molecule has 4 rings (SSSR count). The minimum Gasteiger partial charge on any atom is -0.467 e. The molecule has 2 aromatic rings. The predicted octanol–water partition coefficient (Wildman–Crippen LogP) is 3.28. The summed E-state index contributed by atoms with van der Waals surface area (Å²) in [6, 6.07) is 8.30. The topological polar surface area (TPSA) is 426 Å². The molecule has 0 spiro atoms. The number of likely N-dealkylation sites (tertiary alicyclic amines) is 1. The Morgan fingerprint density at radius 1 is 0.724 bits per heavy atom. The number of nitrogens with zero attached hydrogens (tertiary/aromatic N) is 3. The van der Waals surface area contributed by atoms with Crippen LogP contribution in [0.3, 0.4) is 0 Å². The Labute approximate surface area is 612 Å². The third-order valence-electron chi connectivity index (χ3n) is 17.5. The molecular weight excluding hydrogens is 1380 g/mol. The number of esters is 4. The summed E-state index contributed by atoms with van der Waals surface area (Å²) in [5.74, 6) is -11.0. The zero-order valence-corrected chi connectivity index (χ0v) is 63.4. The van der Waals surface area contributed by atoms with E-state index in [1.165, 1.54) is 44.4 Å². The number of hydroxylamine groups is 1. The molecule has 34 heteroatoms. The van der Waals surface area contributed by atoms with Gasteiger partial charge in [0, 0.05) is 66.9 Å². The number of hydrogen-bond donors (Lipinski definition) is 7. The third-order valence-corrected chi connectivity index (χ3v) is 17.5. The average molecular weight is 1490 g/mol. The summed E-state index contributed by atoms with van der Waals surface area (Å²) in [6.45, 7) is 19.5. The summed E-state index contributed by atoms with van der Waals surface area (Å²) in [7, 11) is 6.77. The minimum atomic E-state index is -1.92. The van der Waals surface area contributed by atoms with Gasteiger partial charge in [-0.2, -0.15) is 5.48 Å². The molecule has 9 amide bonds. The smallest absolute Gasteiger partial charge is 0.431 e. The van der Waals surface area contributed by atoms with Crippen LogP contribution in [0.15, 0.2) is 48.5 Å². The highest BCUT2D eigenvalue weighted by molar-refractivity contribution is 5.96. The number of benzene rings is 2. The van der Waals surface area contributed by atoms with Crippen molar-refractivity contribution in [3.63, 3.8) is 0 Å². The van der Waals surface area contributed by atoms with Gasteiger partial charge in [-0.15, -0.1) is 0 Å². The summed E-state index contributed by atoms with van der Waals surface area (Å²) < 4.78 is 56.5. The van der Waals surface area contributed by atoms with E-state index in [0.29, 0.717) is 31.4 Å². The molecule has 0 bridgehead atoms. The van der Waals surface area contributed by atoms with Crippen LogP contribution in [0.4, 0.5) is 15.3 Å². The molecule has 2 aliphatic rings. The molecule has 105 heavy (non-hydrogen) atoms. The van der Waals surface area contributed by atoms with E-state index < -0.39 is 194 Å². The lowest BCUT2D eigenvalue weighted by Gasteiger charge is -2.43. The van der Waals surface area contributed by atoms with E-state index in [1.807, 2.05) is 25.4 Å². The Morgan fingerprint density at radius 2 is 1.33 bits per heavy atom. The van der Waals surface area contributed by atoms with Gasteiger partial charge in [0.1, 0.15) is 30.0 Å². The maximum absolute atomic E-state index is 15.0. The SMILES string of the molecule is CC[C@H](C)[C@@H]([C@@H](CC(=O)N1CCC[C@H]1[C@H](OC)[C@@H](C)C(=O)N[C@H](C)[C@@H](O)c1ccccc1)OC)N(C)C(=O)[C@@H](NC(=O)[C@H](C(C)C)N(C)C(=O)OCc1cc(NC(=O)CNC(=O)CNC(=O)CONC(=O)OC(C)(C)C)ccc1O[C@@H]1OC(C(=O)OC)[C@@H](OC(C)=O)C(OC(C)=O)C1OC(C)=O)C(C)C. The lowest BCUT2D eigenvalue weighted by molar-refractivity contribution is -0.282. The van der Waals surface area contributed by atoms with Gasteiger partial charge in [-0.1, -0.05) is 85.2 Å². The second-order valence-corrected chi connectivity index (χ2v) is 27.4. The number of likely N-dealkylation sites (N-methyl/N-ethyl adjacent to an activating group) is 2.